The van der Waals surface area contributed by atoms with Gasteiger partial charge in [0, 0.05) is 16.6 Å². The molecule has 0 saturated heterocycles. The van der Waals surface area contributed by atoms with E-state index in [1.165, 1.54) is 0 Å². The van der Waals surface area contributed by atoms with Gasteiger partial charge in [0.1, 0.15) is 5.75 Å². The molecule has 3 aromatic rings. The smallest absolute Gasteiger partial charge is 0.161 e. The highest BCUT2D eigenvalue weighted by atomic mass is 16.5. The van der Waals surface area contributed by atoms with E-state index in [0.717, 1.165) is 22.3 Å². The normalized spacial score (nSPS) is 9.87. The predicted molar refractivity (Wildman–Crippen MR) is 93.9 cm³/mol. The highest BCUT2D eigenvalue weighted by molar-refractivity contribution is 5.98. The van der Waals surface area contributed by atoms with Crippen LogP contribution in [-0.4, -0.2) is 17.9 Å². The monoisotopic (exact) mass is 308 g/mol. The summed E-state index contributed by atoms with van der Waals surface area (Å²) in [7, 11) is 1.60. The summed E-state index contributed by atoms with van der Waals surface area (Å²) in [5.41, 5.74) is 8.64. The number of nitrogens with two attached hydrogens (primary N) is 1. The molecule has 0 saturated carbocycles. The zero-order valence-electron chi connectivity index (χ0n) is 13.5. The quantitative estimate of drug-likeness (QED) is 0.573. The molecule has 0 fully saturated rings. The van der Waals surface area contributed by atoms with Crippen LogP contribution in [0.3, 0.4) is 0 Å². The number of ether oxygens (including phenoxy) is 1. The second-order valence-corrected chi connectivity index (χ2v) is 5.11. The summed E-state index contributed by atoms with van der Waals surface area (Å²) in [6.45, 7) is 3.43. The molecule has 0 bridgehead atoms. The molecule has 3 rings (SSSR count). The molecule has 118 valence electrons. The van der Waals surface area contributed by atoms with Crippen molar-refractivity contribution in [1.29, 1.82) is 0 Å². The molecule has 1 aromatic heterocycles. The second-order valence-electron chi connectivity index (χ2n) is 5.11. The van der Waals surface area contributed by atoms with Crippen molar-refractivity contribution in [2.45, 2.75) is 13.8 Å². The van der Waals surface area contributed by atoms with Crippen molar-refractivity contribution in [2.75, 3.05) is 12.8 Å². The summed E-state index contributed by atoms with van der Waals surface area (Å²) in [6, 6.07) is 17.1. The molecule has 0 unspecified atom stereocenters. The first kappa shape index (κ1) is 16.5. The van der Waals surface area contributed by atoms with E-state index < -0.39 is 0 Å². The van der Waals surface area contributed by atoms with Crippen LogP contribution in [0.25, 0.3) is 10.9 Å². The Labute approximate surface area is 135 Å². The molecule has 1 heterocycles. The predicted octanol–water partition coefficient (Wildman–Crippen LogP) is 4.02. The standard InChI is InChI=1S/C12H11NO.C7H9NO/c1-8-11(9(2)14)7-10-5-3-4-6-12(10)13-8;1-9-7-5-3-2-4-6(7)8/h3-7H,1-2H3;2-5H,8H2,1H3. The van der Waals surface area contributed by atoms with Gasteiger partial charge in [0.2, 0.25) is 0 Å². The topological polar surface area (TPSA) is 65.2 Å². The van der Waals surface area contributed by atoms with E-state index in [0.29, 0.717) is 11.3 Å². The maximum absolute atomic E-state index is 11.3. The van der Waals surface area contributed by atoms with Gasteiger partial charge in [-0.3, -0.25) is 9.78 Å². The van der Waals surface area contributed by atoms with Crippen LogP contribution in [-0.2, 0) is 0 Å². The highest BCUT2D eigenvalue weighted by Crippen LogP contribution is 2.18. The molecule has 0 aliphatic rings. The van der Waals surface area contributed by atoms with Gasteiger partial charge in [-0.15, -0.1) is 0 Å². The third-order valence-corrected chi connectivity index (χ3v) is 3.43. The fraction of sp³-hybridized carbons (Fsp3) is 0.158. The number of aryl methyl sites for hydroxylation is 1. The summed E-state index contributed by atoms with van der Waals surface area (Å²) in [5.74, 6) is 0.804. The average Bonchev–Trinajstić information content (AvgIpc) is 2.55. The summed E-state index contributed by atoms with van der Waals surface area (Å²) < 4.78 is 4.92. The number of fused-ring (bicyclic) bond motifs is 1. The van der Waals surface area contributed by atoms with Crippen LogP contribution < -0.4 is 10.5 Å². The first-order chi connectivity index (χ1) is 11.0. The van der Waals surface area contributed by atoms with Crippen molar-refractivity contribution in [3.63, 3.8) is 0 Å². The minimum atomic E-state index is 0.0701. The van der Waals surface area contributed by atoms with Crippen LogP contribution in [0, 0.1) is 6.92 Å². The number of aromatic nitrogens is 1. The van der Waals surface area contributed by atoms with Crippen LogP contribution in [0.1, 0.15) is 23.0 Å². The molecule has 2 aromatic carbocycles. The number of hydrogen-bond donors (Lipinski definition) is 1. The molecule has 0 spiro atoms. The van der Waals surface area contributed by atoms with Gasteiger partial charge >= 0.3 is 0 Å². The first-order valence-electron chi connectivity index (χ1n) is 7.28. The van der Waals surface area contributed by atoms with Gasteiger partial charge in [-0.2, -0.15) is 0 Å². The number of pyridine rings is 1. The van der Waals surface area contributed by atoms with Crippen molar-refractivity contribution >= 4 is 22.4 Å². The van der Waals surface area contributed by atoms with E-state index in [4.69, 9.17) is 10.5 Å². The Morgan fingerprint density at radius 1 is 1.09 bits per heavy atom. The Kier molecular flexibility index (Phi) is 5.31. The number of carbonyl (C=O) groups is 1. The third kappa shape index (κ3) is 4.07. The molecule has 0 atom stereocenters. The average molecular weight is 308 g/mol. The van der Waals surface area contributed by atoms with Crippen molar-refractivity contribution in [3.8, 4) is 5.75 Å². The van der Waals surface area contributed by atoms with Gasteiger partial charge in [0.25, 0.3) is 0 Å². The van der Waals surface area contributed by atoms with E-state index in [1.807, 2.05) is 55.5 Å². The third-order valence-electron chi connectivity index (χ3n) is 3.43. The molecular weight excluding hydrogens is 288 g/mol. The molecule has 23 heavy (non-hydrogen) atoms. The SMILES string of the molecule is CC(=O)c1cc2ccccc2nc1C.COc1ccccc1N. The van der Waals surface area contributed by atoms with E-state index in [2.05, 4.69) is 4.98 Å². The van der Waals surface area contributed by atoms with Gasteiger partial charge in [0.15, 0.2) is 5.78 Å². The molecule has 0 aliphatic heterocycles. The Morgan fingerprint density at radius 3 is 2.35 bits per heavy atom. The number of carbonyl (C=O) groups excluding carboxylic acids is 1. The zero-order valence-corrected chi connectivity index (χ0v) is 13.5. The lowest BCUT2D eigenvalue weighted by Crippen LogP contribution is -1.98. The lowest BCUT2D eigenvalue weighted by molar-refractivity contribution is 0.101. The molecule has 0 aliphatic carbocycles. The lowest BCUT2D eigenvalue weighted by atomic mass is 10.1. The van der Waals surface area contributed by atoms with Crippen LogP contribution in [0.2, 0.25) is 0 Å². The number of para-hydroxylation sites is 3. The number of ketones is 1. The molecule has 4 heteroatoms. The van der Waals surface area contributed by atoms with Gasteiger partial charge < -0.3 is 10.5 Å². The maximum atomic E-state index is 11.3. The first-order valence-corrected chi connectivity index (χ1v) is 7.28. The molecule has 4 nitrogen and oxygen atoms in total. The maximum Gasteiger partial charge on any atom is 0.161 e. The van der Waals surface area contributed by atoms with Gasteiger partial charge in [-0.05, 0) is 38.1 Å². The molecule has 2 N–H and O–H groups in total. The number of nitrogen functional groups attached to an aromatic ring is 1. The van der Waals surface area contributed by atoms with E-state index in [9.17, 15) is 4.79 Å². The van der Waals surface area contributed by atoms with E-state index >= 15 is 0 Å². The highest BCUT2D eigenvalue weighted by Gasteiger charge is 2.06. The summed E-state index contributed by atoms with van der Waals surface area (Å²) in [4.78, 5) is 15.6. The largest absolute Gasteiger partial charge is 0.495 e. The van der Waals surface area contributed by atoms with Crippen molar-refractivity contribution in [1.82, 2.24) is 4.98 Å². The number of nitrogens with zero attached hydrogens (tertiary/aromatic N) is 1. The summed E-state index contributed by atoms with van der Waals surface area (Å²) >= 11 is 0. The molecule has 0 radical (unpaired) electrons. The van der Waals surface area contributed by atoms with Crippen molar-refractivity contribution in [2.24, 2.45) is 0 Å². The number of rotatable bonds is 2. The lowest BCUT2D eigenvalue weighted by Gasteiger charge is -2.03. The van der Waals surface area contributed by atoms with Crippen LogP contribution in [0.15, 0.2) is 54.6 Å². The van der Waals surface area contributed by atoms with Crippen LogP contribution in [0.4, 0.5) is 5.69 Å². The minimum Gasteiger partial charge on any atom is -0.495 e. The Morgan fingerprint density at radius 2 is 1.74 bits per heavy atom. The summed E-state index contributed by atoms with van der Waals surface area (Å²) in [5, 5.41) is 1.02. The van der Waals surface area contributed by atoms with E-state index in [-0.39, 0.29) is 5.78 Å². The van der Waals surface area contributed by atoms with Gasteiger partial charge in [-0.25, -0.2) is 0 Å². The fourth-order valence-corrected chi connectivity index (χ4v) is 2.24. The van der Waals surface area contributed by atoms with Crippen molar-refractivity contribution < 1.29 is 9.53 Å². The Hall–Kier alpha value is -2.88. The van der Waals surface area contributed by atoms with E-state index in [1.54, 1.807) is 20.1 Å². The van der Waals surface area contributed by atoms with Gasteiger partial charge in [0.05, 0.1) is 18.3 Å². The van der Waals surface area contributed by atoms with Crippen LogP contribution >= 0.6 is 0 Å². The number of Topliss-reactive ketones (excluding diaryl/α,β-unsaturated/α-hetero) is 1. The fourth-order valence-electron chi connectivity index (χ4n) is 2.24. The second kappa shape index (κ2) is 7.40. The molecule has 0 amide bonds. The van der Waals surface area contributed by atoms with Crippen molar-refractivity contribution in [3.05, 3.63) is 65.9 Å². The number of hydrogen-bond acceptors (Lipinski definition) is 4. The van der Waals surface area contributed by atoms with Gasteiger partial charge in [-0.1, -0.05) is 30.3 Å². The zero-order chi connectivity index (χ0) is 16.8. The van der Waals surface area contributed by atoms with Crippen LogP contribution in [0.5, 0.6) is 5.75 Å². The molecular formula is C19H20N2O2. The minimum absolute atomic E-state index is 0.0701. The summed E-state index contributed by atoms with van der Waals surface area (Å²) in [6.07, 6.45) is 0. The Bertz CT molecular complexity index is 828. The Balaban J connectivity index is 0.000000185. The number of anilines is 1. The number of benzene rings is 2. The number of methoxy groups -OCH3 is 1.